The number of hydrogen-bond acceptors (Lipinski definition) is 2. The third-order valence-corrected chi connectivity index (χ3v) is 2.14. The van der Waals surface area contributed by atoms with Crippen molar-refractivity contribution in [3.8, 4) is 0 Å². The summed E-state index contributed by atoms with van der Waals surface area (Å²) in [6.07, 6.45) is 5.97. The molecule has 0 aromatic heterocycles. The molecule has 0 fully saturated rings. The Balaban J connectivity index is 2.01. The van der Waals surface area contributed by atoms with Crippen molar-refractivity contribution in [1.82, 2.24) is 0 Å². The van der Waals surface area contributed by atoms with Crippen molar-refractivity contribution in [2.24, 2.45) is 0 Å². The molecule has 0 spiro atoms. The monoisotopic (exact) mass is 220 g/mol. The zero-order valence-corrected chi connectivity index (χ0v) is 9.89. The van der Waals surface area contributed by atoms with Crippen LogP contribution in [0, 0.1) is 0 Å². The van der Waals surface area contributed by atoms with Crippen molar-refractivity contribution in [2.75, 3.05) is 19.8 Å². The van der Waals surface area contributed by atoms with Gasteiger partial charge in [0, 0.05) is 6.61 Å². The SMILES string of the molecule is CCCCOCCOC=Cc1ccccc1. The second kappa shape index (κ2) is 8.98. The van der Waals surface area contributed by atoms with Gasteiger partial charge in [-0.05, 0) is 18.1 Å². The molecule has 0 unspecified atom stereocenters. The molecule has 0 N–H and O–H groups in total. The predicted molar refractivity (Wildman–Crippen MR) is 67.2 cm³/mol. The molecule has 1 aromatic carbocycles. The van der Waals surface area contributed by atoms with Gasteiger partial charge in [0.05, 0.1) is 12.9 Å². The fourth-order valence-corrected chi connectivity index (χ4v) is 1.21. The average Bonchev–Trinajstić information content (AvgIpc) is 2.34. The van der Waals surface area contributed by atoms with Crippen molar-refractivity contribution in [3.63, 3.8) is 0 Å². The van der Waals surface area contributed by atoms with Crippen molar-refractivity contribution in [1.29, 1.82) is 0 Å². The summed E-state index contributed by atoms with van der Waals surface area (Å²) in [6, 6.07) is 10.1. The van der Waals surface area contributed by atoms with Gasteiger partial charge in [0.2, 0.25) is 0 Å². The molecule has 16 heavy (non-hydrogen) atoms. The van der Waals surface area contributed by atoms with Gasteiger partial charge < -0.3 is 9.47 Å². The highest BCUT2D eigenvalue weighted by Gasteiger charge is 1.87. The largest absolute Gasteiger partial charge is 0.499 e. The maximum absolute atomic E-state index is 5.37. The number of benzene rings is 1. The van der Waals surface area contributed by atoms with E-state index >= 15 is 0 Å². The van der Waals surface area contributed by atoms with Crippen LogP contribution in [0.1, 0.15) is 25.3 Å². The van der Waals surface area contributed by atoms with E-state index in [0.717, 1.165) is 18.6 Å². The molecule has 0 atom stereocenters. The van der Waals surface area contributed by atoms with Crippen LogP contribution in [-0.4, -0.2) is 19.8 Å². The second-order valence-corrected chi connectivity index (χ2v) is 3.55. The fourth-order valence-electron chi connectivity index (χ4n) is 1.21. The summed E-state index contributed by atoms with van der Waals surface area (Å²) in [5.41, 5.74) is 1.15. The molecule has 2 nitrogen and oxygen atoms in total. The zero-order valence-electron chi connectivity index (χ0n) is 9.89. The van der Waals surface area contributed by atoms with E-state index in [1.165, 1.54) is 6.42 Å². The fraction of sp³-hybridized carbons (Fsp3) is 0.429. The van der Waals surface area contributed by atoms with Gasteiger partial charge in [-0.2, -0.15) is 0 Å². The average molecular weight is 220 g/mol. The molecular weight excluding hydrogens is 200 g/mol. The van der Waals surface area contributed by atoms with Gasteiger partial charge in [-0.3, -0.25) is 0 Å². The summed E-state index contributed by atoms with van der Waals surface area (Å²) < 4.78 is 10.7. The van der Waals surface area contributed by atoms with Crippen LogP contribution in [0.3, 0.4) is 0 Å². The first-order chi connectivity index (χ1) is 7.93. The van der Waals surface area contributed by atoms with E-state index in [-0.39, 0.29) is 0 Å². The maximum atomic E-state index is 5.37. The van der Waals surface area contributed by atoms with E-state index in [0.29, 0.717) is 13.2 Å². The van der Waals surface area contributed by atoms with E-state index in [4.69, 9.17) is 9.47 Å². The molecule has 0 bridgehead atoms. The Hall–Kier alpha value is -1.28. The number of rotatable bonds is 8. The van der Waals surface area contributed by atoms with E-state index in [1.54, 1.807) is 6.26 Å². The molecule has 0 aliphatic rings. The van der Waals surface area contributed by atoms with Crippen LogP contribution in [-0.2, 0) is 9.47 Å². The van der Waals surface area contributed by atoms with Gasteiger partial charge in [-0.25, -0.2) is 0 Å². The van der Waals surface area contributed by atoms with Gasteiger partial charge in [0.15, 0.2) is 0 Å². The molecule has 1 rings (SSSR count). The lowest BCUT2D eigenvalue weighted by molar-refractivity contribution is 0.0837. The molecule has 0 saturated carbocycles. The molecular formula is C14H20O2. The highest BCUT2D eigenvalue weighted by Crippen LogP contribution is 2.00. The molecule has 0 amide bonds. The second-order valence-electron chi connectivity index (χ2n) is 3.55. The Labute approximate surface area is 97.9 Å². The van der Waals surface area contributed by atoms with Gasteiger partial charge in [0.25, 0.3) is 0 Å². The summed E-state index contributed by atoms with van der Waals surface area (Å²) in [4.78, 5) is 0. The van der Waals surface area contributed by atoms with E-state index in [9.17, 15) is 0 Å². The highest BCUT2D eigenvalue weighted by atomic mass is 16.5. The van der Waals surface area contributed by atoms with Crippen LogP contribution in [0.15, 0.2) is 36.6 Å². The minimum absolute atomic E-state index is 0.618. The lowest BCUT2D eigenvalue weighted by atomic mass is 10.2. The van der Waals surface area contributed by atoms with E-state index in [2.05, 4.69) is 6.92 Å². The van der Waals surface area contributed by atoms with Crippen LogP contribution in [0.2, 0.25) is 0 Å². The van der Waals surface area contributed by atoms with E-state index in [1.807, 2.05) is 36.4 Å². The van der Waals surface area contributed by atoms with Gasteiger partial charge in [-0.15, -0.1) is 0 Å². The first kappa shape index (κ1) is 12.8. The Bertz CT molecular complexity index is 280. The van der Waals surface area contributed by atoms with Crippen LogP contribution in [0.4, 0.5) is 0 Å². The minimum Gasteiger partial charge on any atom is -0.499 e. The first-order valence-electron chi connectivity index (χ1n) is 5.84. The highest BCUT2D eigenvalue weighted by molar-refractivity contribution is 5.47. The maximum Gasteiger partial charge on any atom is 0.111 e. The quantitative estimate of drug-likeness (QED) is 0.493. The standard InChI is InChI=1S/C14H20O2/c1-2-3-10-15-12-13-16-11-9-14-7-5-4-6-8-14/h4-9,11H,2-3,10,12-13H2,1H3. The van der Waals surface area contributed by atoms with Gasteiger partial charge in [-0.1, -0.05) is 43.7 Å². The molecule has 0 saturated heterocycles. The van der Waals surface area contributed by atoms with E-state index < -0.39 is 0 Å². The first-order valence-corrected chi connectivity index (χ1v) is 5.84. The van der Waals surface area contributed by atoms with Crippen molar-refractivity contribution < 1.29 is 9.47 Å². The number of unbranched alkanes of at least 4 members (excludes halogenated alkanes) is 1. The predicted octanol–water partition coefficient (Wildman–Crippen LogP) is 3.49. The molecule has 0 aliphatic heterocycles. The van der Waals surface area contributed by atoms with Crippen molar-refractivity contribution in [3.05, 3.63) is 42.2 Å². The zero-order chi connectivity index (χ0) is 11.5. The van der Waals surface area contributed by atoms with Crippen LogP contribution in [0.5, 0.6) is 0 Å². The van der Waals surface area contributed by atoms with Gasteiger partial charge >= 0.3 is 0 Å². The van der Waals surface area contributed by atoms with Crippen molar-refractivity contribution >= 4 is 6.08 Å². The molecule has 2 heteroatoms. The van der Waals surface area contributed by atoms with Crippen LogP contribution in [0.25, 0.3) is 6.08 Å². The third kappa shape index (κ3) is 6.25. The third-order valence-electron chi connectivity index (χ3n) is 2.14. The summed E-state index contributed by atoms with van der Waals surface area (Å²) in [7, 11) is 0. The van der Waals surface area contributed by atoms with Crippen LogP contribution >= 0.6 is 0 Å². The normalized spacial score (nSPS) is 10.8. The lowest BCUT2D eigenvalue weighted by Gasteiger charge is -2.02. The summed E-state index contributed by atoms with van der Waals surface area (Å²) in [6.45, 7) is 4.27. The molecule has 0 heterocycles. The van der Waals surface area contributed by atoms with Gasteiger partial charge in [0.1, 0.15) is 6.61 Å². The smallest absolute Gasteiger partial charge is 0.111 e. The number of ether oxygens (including phenoxy) is 2. The van der Waals surface area contributed by atoms with Crippen molar-refractivity contribution in [2.45, 2.75) is 19.8 Å². The Kier molecular flexibility index (Phi) is 7.18. The molecule has 0 aliphatic carbocycles. The molecule has 0 radical (unpaired) electrons. The summed E-state index contributed by atoms with van der Waals surface area (Å²) in [5, 5.41) is 0. The minimum atomic E-state index is 0.618. The Morgan fingerprint density at radius 2 is 1.88 bits per heavy atom. The van der Waals surface area contributed by atoms with Crippen LogP contribution < -0.4 is 0 Å². The lowest BCUT2D eigenvalue weighted by Crippen LogP contribution is -2.02. The summed E-state index contributed by atoms with van der Waals surface area (Å²) >= 11 is 0. The Morgan fingerprint density at radius 3 is 2.62 bits per heavy atom. The topological polar surface area (TPSA) is 18.5 Å². The Morgan fingerprint density at radius 1 is 1.06 bits per heavy atom. The summed E-state index contributed by atoms with van der Waals surface area (Å²) in [5.74, 6) is 0. The number of hydrogen-bond donors (Lipinski definition) is 0. The molecule has 1 aromatic rings. The molecule has 88 valence electrons.